The second kappa shape index (κ2) is 5.85. The van der Waals surface area contributed by atoms with Crippen molar-refractivity contribution in [1.82, 2.24) is 4.31 Å². The average Bonchev–Trinajstić information content (AvgIpc) is 2.34. The van der Waals surface area contributed by atoms with Crippen LogP contribution in [-0.4, -0.2) is 17.4 Å². The van der Waals surface area contributed by atoms with Gasteiger partial charge >= 0.3 is 0 Å². The quantitative estimate of drug-likeness (QED) is 0.651. The molecule has 0 saturated carbocycles. The predicted octanol–water partition coefficient (Wildman–Crippen LogP) is 3.23. The lowest BCUT2D eigenvalue weighted by atomic mass is 9.87. The lowest BCUT2D eigenvalue weighted by Crippen LogP contribution is -2.30. The molecule has 1 aromatic carbocycles. The first-order valence-corrected chi connectivity index (χ1v) is 7.41. The number of anilines is 2. The van der Waals surface area contributed by atoms with Crippen LogP contribution in [0.25, 0.3) is 0 Å². The van der Waals surface area contributed by atoms with E-state index in [0.717, 1.165) is 24.9 Å². The number of nitrogens with zero attached hydrogens (tertiary/aromatic N) is 1. The maximum Gasteiger partial charge on any atom is 0.0559 e. The Morgan fingerprint density at radius 1 is 1.17 bits per heavy atom. The normalized spacial score (nSPS) is 18.4. The Balaban J connectivity index is 1.89. The van der Waals surface area contributed by atoms with Crippen molar-refractivity contribution < 1.29 is 0 Å². The van der Waals surface area contributed by atoms with Gasteiger partial charge in [-0.05, 0) is 54.8 Å². The number of nitrogen functional groups attached to an aromatic ring is 2. The minimum Gasteiger partial charge on any atom is -0.397 e. The van der Waals surface area contributed by atoms with E-state index >= 15 is 0 Å². The zero-order chi connectivity index (χ0) is 13.1. The third kappa shape index (κ3) is 3.33. The molecule has 1 heterocycles. The first-order valence-electron chi connectivity index (χ1n) is 6.64. The molecule has 1 fully saturated rings. The van der Waals surface area contributed by atoms with Crippen molar-refractivity contribution in [3.63, 3.8) is 0 Å². The van der Waals surface area contributed by atoms with E-state index in [1.54, 1.807) is 11.9 Å². The number of rotatable bonds is 3. The topological polar surface area (TPSA) is 55.3 Å². The number of hydrogen-bond acceptors (Lipinski definition) is 4. The summed E-state index contributed by atoms with van der Waals surface area (Å²) in [7, 11) is 0. The van der Waals surface area contributed by atoms with Gasteiger partial charge in [0.2, 0.25) is 0 Å². The molecule has 1 aliphatic heterocycles. The van der Waals surface area contributed by atoms with Crippen LogP contribution < -0.4 is 11.5 Å². The fourth-order valence-electron chi connectivity index (χ4n) is 2.39. The van der Waals surface area contributed by atoms with Crippen molar-refractivity contribution in [2.75, 3.05) is 24.6 Å². The molecule has 4 heteroatoms. The highest BCUT2D eigenvalue weighted by Crippen LogP contribution is 2.32. The molecular weight excluding hydrogens is 242 g/mol. The highest BCUT2D eigenvalue weighted by molar-refractivity contribution is 7.97. The molecule has 2 rings (SSSR count). The molecule has 3 nitrogen and oxygen atoms in total. The molecule has 0 bridgehead atoms. The zero-order valence-corrected chi connectivity index (χ0v) is 12.0. The van der Waals surface area contributed by atoms with Crippen LogP contribution in [0.5, 0.6) is 0 Å². The molecule has 0 unspecified atom stereocenters. The Labute approximate surface area is 114 Å². The Morgan fingerprint density at radius 2 is 1.83 bits per heavy atom. The van der Waals surface area contributed by atoms with E-state index in [1.807, 2.05) is 18.2 Å². The van der Waals surface area contributed by atoms with E-state index in [9.17, 15) is 0 Å². The Morgan fingerprint density at radius 3 is 2.39 bits per heavy atom. The van der Waals surface area contributed by atoms with Crippen LogP contribution in [0, 0.1) is 11.8 Å². The summed E-state index contributed by atoms with van der Waals surface area (Å²) in [6.45, 7) is 6.98. The summed E-state index contributed by atoms with van der Waals surface area (Å²) in [5.41, 5.74) is 12.9. The van der Waals surface area contributed by atoms with Gasteiger partial charge < -0.3 is 11.5 Å². The highest BCUT2D eigenvalue weighted by atomic mass is 32.2. The molecule has 0 radical (unpaired) electrons. The van der Waals surface area contributed by atoms with Gasteiger partial charge in [-0.1, -0.05) is 13.8 Å². The minimum absolute atomic E-state index is 0.665. The largest absolute Gasteiger partial charge is 0.397 e. The second-order valence-corrected chi connectivity index (χ2v) is 6.56. The lowest BCUT2D eigenvalue weighted by Gasteiger charge is -2.32. The highest BCUT2D eigenvalue weighted by Gasteiger charge is 2.22. The lowest BCUT2D eigenvalue weighted by molar-refractivity contribution is 0.237. The van der Waals surface area contributed by atoms with Gasteiger partial charge in [0.25, 0.3) is 0 Å². The van der Waals surface area contributed by atoms with Crippen LogP contribution in [-0.2, 0) is 0 Å². The molecule has 4 N–H and O–H groups in total. The smallest absolute Gasteiger partial charge is 0.0559 e. The van der Waals surface area contributed by atoms with E-state index in [-0.39, 0.29) is 0 Å². The maximum absolute atomic E-state index is 5.83. The van der Waals surface area contributed by atoms with Gasteiger partial charge in [0.1, 0.15) is 0 Å². The summed E-state index contributed by atoms with van der Waals surface area (Å²) in [4.78, 5) is 1.18. The monoisotopic (exact) mass is 265 g/mol. The van der Waals surface area contributed by atoms with Gasteiger partial charge in [0, 0.05) is 18.0 Å². The molecule has 0 amide bonds. The maximum atomic E-state index is 5.83. The number of benzene rings is 1. The van der Waals surface area contributed by atoms with Gasteiger partial charge in [0.15, 0.2) is 0 Å². The van der Waals surface area contributed by atoms with Gasteiger partial charge in [0.05, 0.1) is 11.4 Å². The minimum atomic E-state index is 0.665. The van der Waals surface area contributed by atoms with Gasteiger partial charge in [-0.25, -0.2) is 4.31 Å². The van der Waals surface area contributed by atoms with E-state index in [1.165, 1.54) is 17.7 Å². The van der Waals surface area contributed by atoms with Crippen LogP contribution in [0.2, 0.25) is 0 Å². The van der Waals surface area contributed by atoms with Crippen LogP contribution in [0.15, 0.2) is 23.1 Å². The molecule has 100 valence electrons. The first kappa shape index (κ1) is 13.6. The van der Waals surface area contributed by atoms with Crippen LogP contribution in [0.4, 0.5) is 11.4 Å². The molecule has 0 aromatic heterocycles. The molecule has 1 saturated heterocycles. The molecule has 1 aliphatic rings. The standard InChI is InChI=1S/C14H23N3S/c1-10(2)11-5-7-17(8-6-11)18-12-3-4-13(15)14(16)9-12/h3-4,9-11H,5-8,15-16H2,1-2H3. The van der Waals surface area contributed by atoms with Crippen molar-refractivity contribution in [2.45, 2.75) is 31.6 Å². The van der Waals surface area contributed by atoms with Crippen molar-refractivity contribution in [1.29, 1.82) is 0 Å². The van der Waals surface area contributed by atoms with E-state index in [0.29, 0.717) is 11.4 Å². The summed E-state index contributed by atoms with van der Waals surface area (Å²) in [6, 6.07) is 5.90. The van der Waals surface area contributed by atoms with Crippen LogP contribution in [0.1, 0.15) is 26.7 Å². The second-order valence-electron chi connectivity index (χ2n) is 5.39. The summed E-state index contributed by atoms with van der Waals surface area (Å²) in [5.74, 6) is 1.70. The predicted molar refractivity (Wildman–Crippen MR) is 80.3 cm³/mol. The van der Waals surface area contributed by atoms with Crippen LogP contribution in [0.3, 0.4) is 0 Å². The van der Waals surface area contributed by atoms with Crippen molar-refractivity contribution in [3.8, 4) is 0 Å². The fourth-order valence-corrected chi connectivity index (χ4v) is 3.39. The molecular formula is C14H23N3S. The van der Waals surface area contributed by atoms with Crippen LogP contribution >= 0.6 is 11.9 Å². The average molecular weight is 265 g/mol. The summed E-state index contributed by atoms with van der Waals surface area (Å²) in [6.07, 6.45) is 2.60. The third-order valence-electron chi connectivity index (χ3n) is 3.73. The Bertz CT molecular complexity index is 398. The van der Waals surface area contributed by atoms with E-state index in [4.69, 9.17) is 11.5 Å². The number of piperidine rings is 1. The zero-order valence-electron chi connectivity index (χ0n) is 11.2. The van der Waals surface area contributed by atoms with E-state index in [2.05, 4.69) is 18.2 Å². The van der Waals surface area contributed by atoms with Crippen molar-refractivity contribution in [3.05, 3.63) is 18.2 Å². The molecule has 18 heavy (non-hydrogen) atoms. The third-order valence-corrected chi connectivity index (χ3v) is 4.82. The molecule has 0 atom stereocenters. The summed E-state index contributed by atoms with van der Waals surface area (Å²) in [5, 5.41) is 0. The van der Waals surface area contributed by atoms with Crippen molar-refractivity contribution >= 4 is 23.3 Å². The fraction of sp³-hybridized carbons (Fsp3) is 0.571. The molecule has 1 aromatic rings. The summed E-state index contributed by atoms with van der Waals surface area (Å²) >= 11 is 1.80. The molecule has 0 spiro atoms. The van der Waals surface area contributed by atoms with Gasteiger partial charge in [-0.3, -0.25) is 0 Å². The SMILES string of the molecule is CC(C)C1CCN(Sc2ccc(N)c(N)c2)CC1. The number of hydrogen-bond donors (Lipinski definition) is 2. The molecule has 0 aliphatic carbocycles. The number of nitrogens with two attached hydrogens (primary N) is 2. The summed E-state index contributed by atoms with van der Waals surface area (Å²) < 4.78 is 2.43. The van der Waals surface area contributed by atoms with Crippen molar-refractivity contribution in [2.24, 2.45) is 11.8 Å². The Kier molecular flexibility index (Phi) is 4.40. The van der Waals surface area contributed by atoms with E-state index < -0.39 is 0 Å². The first-order chi connectivity index (χ1) is 8.56. The van der Waals surface area contributed by atoms with Gasteiger partial charge in [-0.2, -0.15) is 0 Å². The Hall–Kier alpha value is -0.870. The van der Waals surface area contributed by atoms with Gasteiger partial charge in [-0.15, -0.1) is 0 Å².